The lowest BCUT2D eigenvalue weighted by Crippen LogP contribution is -2.40. The first-order valence-corrected chi connectivity index (χ1v) is 8.29. The molecule has 0 N–H and O–H groups in total. The molecule has 2 nitrogen and oxygen atoms in total. The SMILES string of the molecule is O=C(C[C@H]1CCCCN1Cc1ccccc1)c1ccc(F)cc1. The van der Waals surface area contributed by atoms with E-state index in [0.717, 1.165) is 19.5 Å². The monoisotopic (exact) mass is 311 g/mol. The molecule has 1 saturated heterocycles. The topological polar surface area (TPSA) is 20.3 Å². The molecule has 2 aromatic rings. The van der Waals surface area contributed by atoms with Crippen molar-refractivity contribution in [2.75, 3.05) is 6.54 Å². The van der Waals surface area contributed by atoms with Gasteiger partial charge in [0.1, 0.15) is 5.82 Å². The molecule has 3 rings (SSSR count). The van der Waals surface area contributed by atoms with Crippen molar-refractivity contribution >= 4 is 5.78 Å². The molecule has 1 aliphatic heterocycles. The van der Waals surface area contributed by atoms with Crippen LogP contribution < -0.4 is 0 Å². The fraction of sp³-hybridized carbons (Fsp3) is 0.350. The number of nitrogens with zero attached hydrogens (tertiary/aromatic N) is 1. The first-order chi connectivity index (χ1) is 11.2. The Morgan fingerprint density at radius 2 is 1.78 bits per heavy atom. The van der Waals surface area contributed by atoms with Crippen LogP contribution in [0.4, 0.5) is 4.39 Å². The van der Waals surface area contributed by atoms with Crippen LogP contribution in [0, 0.1) is 5.82 Å². The number of carbonyl (C=O) groups is 1. The maximum Gasteiger partial charge on any atom is 0.164 e. The van der Waals surface area contributed by atoms with Crippen molar-refractivity contribution in [3.05, 3.63) is 71.5 Å². The quantitative estimate of drug-likeness (QED) is 0.760. The average molecular weight is 311 g/mol. The molecule has 2 aromatic carbocycles. The van der Waals surface area contributed by atoms with Gasteiger partial charge in [-0.05, 0) is 49.2 Å². The Labute approximate surface area is 136 Å². The summed E-state index contributed by atoms with van der Waals surface area (Å²) in [6.07, 6.45) is 3.93. The molecule has 1 aliphatic rings. The van der Waals surface area contributed by atoms with Gasteiger partial charge in [0.05, 0.1) is 0 Å². The van der Waals surface area contributed by atoms with Crippen molar-refractivity contribution in [2.24, 2.45) is 0 Å². The van der Waals surface area contributed by atoms with E-state index in [2.05, 4.69) is 29.2 Å². The van der Waals surface area contributed by atoms with Crippen molar-refractivity contribution in [1.29, 1.82) is 0 Å². The fourth-order valence-electron chi connectivity index (χ4n) is 3.28. The minimum atomic E-state index is -0.301. The summed E-state index contributed by atoms with van der Waals surface area (Å²) in [6, 6.07) is 16.6. The number of carbonyl (C=O) groups excluding carboxylic acids is 1. The Hall–Kier alpha value is -2.00. The first kappa shape index (κ1) is 15.9. The van der Waals surface area contributed by atoms with Gasteiger partial charge in [-0.15, -0.1) is 0 Å². The van der Waals surface area contributed by atoms with E-state index in [4.69, 9.17) is 0 Å². The molecule has 1 atom stereocenters. The summed E-state index contributed by atoms with van der Waals surface area (Å²) in [7, 11) is 0. The highest BCUT2D eigenvalue weighted by Gasteiger charge is 2.25. The summed E-state index contributed by atoms with van der Waals surface area (Å²) in [4.78, 5) is 14.9. The zero-order valence-electron chi connectivity index (χ0n) is 13.2. The second-order valence-corrected chi connectivity index (χ2v) is 6.24. The zero-order valence-corrected chi connectivity index (χ0v) is 13.2. The fourth-order valence-corrected chi connectivity index (χ4v) is 3.28. The van der Waals surface area contributed by atoms with Crippen molar-refractivity contribution < 1.29 is 9.18 Å². The van der Waals surface area contributed by atoms with Crippen molar-refractivity contribution in [1.82, 2.24) is 4.90 Å². The van der Waals surface area contributed by atoms with Crippen LogP contribution >= 0.6 is 0 Å². The Kier molecular flexibility index (Phi) is 5.19. The highest BCUT2D eigenvalue weighted by atomic mass is 19.1. The summed E-state index contributed by atoms with van der Waals surface area (Å²) in [6.45, 7) is 1.93. The summed E-state index contributed by atoms with van der Waals surface area (Å²) in [5, 5.41) is 0. The predicted molar refractivity (Wildman–Crippen MR) is 89.8 cm³/mol. The molecule has 0 spiro atoms. The molecule has 23 heavy (non-hydrogen) atoms. The van der Waals surface area contributed by atoms with Crippen LogP contribution in [-0.2, 0) is 6.54 Å². The number of piperidine rings is 1. The van der Waals surface area contributed by atoms with Crippen molar-refractivity contribution in [3.63, 3.8) is 0 Å². The van der Waals surface area contributed by atoms with Gasteiger partial charge in [0.15, 0.2) is 5.78 Å². The zero-order chi connectivity index (χ0) is 16.1. The number of halogens is 1. The van der Waals surface area contributed by atoms with Gasteiger partial charge in [0, 0.05) is 24.6 Å². The number of ketones is 1. The Morgan fingerprint density at radius 1 is 1.04 bits per heavy atom. The number of hydrogen-bond donors (Lipinski definition) is 0. The van der Waals surface area contributed by atoms with E-state index in [1.54, 1.807) is 12.1 Å². The predicted octanol–water partition coefficient (Wildman–Crippen LogP) is 4.45. The van der Waals surface area contributed by atoms with Gasteiger partial charge in [0.2, 0.25) is 0 Å². The molecule has 3 heteroatoms. The number of hydrogen-bond acceptors (Lipinski definition) is 2. The second-order valence-electron chi connectivity index (χ2n) is 6.24. The minimum absolute atomic E-state index is 0.106. The lowest BCUT2D eigenvalue weighted by atomic mass is 9.94. The molecule has 0 bridgehead atoms. The molecule has 0 saturated carbocycles. The van der Waals surface area contributed by atoms with Crippen molar-refractivity contribution in [2.45, 2.75) is 38.3 Å². The molecule has 0 aromatic heterocycles. The molecule has 0 amide bonds. The molecule has 0 radical (unpaired) electrons. The second kappa shape index (κ2) is 7.51. The summed E-state index contributed by atoms with van der Waals surface area (Å²) in [5.41, 5.74) is 1.89. The number of likely N-dealkylation sites (tertiary alicyclic amines) is 1. The minimum Gasteiger partial charge on any atom is -0.296 e. The molecule has 1 heterocycles. The van der Waals surface area contributed by atoms with Crippen LogP contribution in [0.1, 0.15) is 41.6 Å². The van der Waals surface area contributed by atoms with Crippen LogP contribution in [0.25, 0.3) is 0 Å². The van der Waals surface area contributed by atoms with E-state index >= 15 is 0 Å². The maximum absolute atomic E-state index is 13.0. The lowest BCUT2D eigenvalue weighted by Gasteiger charge is -2.35. The van der Waals surface area contributed by atoms with Gasteiger partial charge in [-0.2, -0.15) is 0 Å². The third-order valence-corrected chi connectivity index (χ3v) is 4.56. The highest BCUT2D eigenvalue weighted by Crippen LogP contribution is 2.23. The average Bonchev–Trinajstić information content (AvgIpc) is 2.58. The van der Waals surface area contributed by atoms with Crippen LogP contribution in [-0.4, -0.2) is 23.3 Å². The third-order valence-electron chi connectivity index (χ3n) is 4.56. The lowest BCUT2D eigenvalue weighted by molar-refractivity contribution is 0.0855. The van der Waals surface area contributed by atoms with Crippen LogP contribution in [0.2, 0.25) is 0 Å². The molecular formula is C20H22FNO. The van der Waals surface area contributed by atoms with E-state index in [0.29, 0.717) is 12.0 Å². The Bertz CT molecular complexity index is 638. The number of rotatable bonds is 5. The van der Waals surface area contributed by atoms with Gasteiger partial charge in [-0.3, -0.25) is 9.69 Å². The molecular weight excluding hydrogens is 289 g/mol. The smallest absolute Gasteiger partial charge is 0.164 e. The summed E-state index contributed by atoms with van der Waals surface area (Å²) in [5.74, 6) is -0.195. The standard InChI is InChI=1S/C20H22FNO/c21-18-11-9-17(10-12-18)20(23)14-19-8-4-5-13-22(19)15-16-6-2-1-3-7-16/h1-3,6-7,9-12,19H,4-5,8,13-15H2/t19-/m1/s1. The van der Waals surface area contributed by atoms with Crippen LogP contribution in [0.15, 0.2) is 54.6 Å². The van der Waals surface area contributed by atoms with Crippen molar-refractivity contribution in [3.8, 4) is 0 Å². The van der Waals surface area contributed by atoms with Gasteiger partial charge in [-0.1, -0.05) is 36.8 Å². The Morgan fingerprint density at radius 3 is 2.52 bits per heavy atom. The summed E-state index contributed by atoms with van der Waals surface area (Å²) >= 11 is 0. The van der Waals surface area contributed by atoms with E-state index in [1.165, 1.54) is 30.5 Å². The first-order valence-electron chi connectivity index (χ1n) is 8.29. The van der Waals surface area contributed by atoms with Crippen LogP contribution in [0.3, 0.4) is 0 Å². The van der Waals surface area contributed by atoms with E-state index < -0.39 is 0 Å². The maximum atomic E-state index is 13.0. The van der Waals surface area contributed by atoms with Gasteiger partial charge < -0.3 is 0 Å². The normalized spacial score (nSPS) is 18.7. The number of Topliss-reactive ketones (excluding diaryl/α,β-unsaturated/α-hetero) is 1. The van der Waals surface area contributed by atoms with E-state index in [-0.39, 0.29) is 17.6 Å². The van der Waals surface area contributed by atoms with Gasteiger partial charge >= 0.3 is 0 Å². The van der Waals surface area contributed by atoms with Crippen LogP contribution in [0.5, 0.6) is 0 Å². The highest BCUT2D eigenvalue weighted by molar-refractivity contribution is 5.96. The van der Waals surface area contributed by atoms with Gasteiger partial charge in [-0.25, -0.2) is 4.39 Å². The molecule has 1 fully saturated rings. The molecule has 0 aliphatic carbocycles. The Balaban J connectivity index is 1.66. The molecule has 120 valence electrons. The number of benzene rings is 2. The van der Waals surface area contributed by atoms with E-state index in [1.807, 2.05) is 6.07 Å². The molecule has 0 unspecified atom stereocenters. The van der Waals surface area contributed by atoms with Gasteiger partial charge in [0.25, 0.3) is 0 Å². The largest absolute Gasteiger partial charge is 0.296 e. The van der Waals surface area contributed by atoms with E-state index in [9.17, 15) is 9.18 Å². The summed E-state index contributed by atoms with van der Waals surface area (Å²) < 4.78 is 13.0. The third kappa shape index (κ3) is 4.26.